The molecule has 0 aliphatic carbocycles. The Morgan fingerprint density at radius 3 is 2.81 bits per heavy atom. The van der Waals surface area contributed by atoms with Crippen LogP contribution in [0.2, 0.25) is 0 Å². The van der Waals surface area contributed by atoms with Gasteiger partial charge in [-0.05, 0) is 47.9 Å². The molecular weight excluding hydrogens is 333 g/mol. The average molecular weight is 355 g/mol. The lowest BCUT2D eigenvalue weighted by atomic mass is 10.1. The number of carbonyl (C=O) groups is 1. The first kappa shape index (κ1) is 19.2. The molecule has 4 nitrogen and oxygen atoms in total. The number of halogens is 1. The molecule has 2 rings (SSSR count). The monoisotopic (exact) mass is 355 g/mol. The smallest absolute Gasteiger partial charge is 0.244 e. The largest absolute Gasteiger partial charge is 0.493 e. The molecule has 0 aliphatic rings. The highest BCUT2D eigenvalue weighted by Gasteiger charge is 2.04. The van der Waals surface area contributed by atoms with Crippen molar-refractivity contribution in [2.45, 2.75) is 6.42 Å². The number of nitrogens with one attached hydrogen (secondary N) is 1. The minimum Gasteiger partial charge on any atom is -0.493 e. The van der Waals surface area contributed by atoms with Gasteiger partial charge < -0.3 is 14.8 Å². The third kappa shape index (κ3) is 6.09. The van der Waals surface area contributed by atoms with E-state index in [1.165, 1.54) is 18.2 Å². The van der Waals surface area contributed by atoms with E-state index in [0.29, 0.717) is 31.1 Å². The summed E-state index contributed by atoms with van der Waals surface area (Å²) in [5.41, 5.74) is 1.65. The highest BCUT2D eigenvalue weighted by atomic mass is 19.1. The van der Waals surface area contributed by atoms with E-state index in [-0.39, 0.29) is 11.7 Å². The van der Waals surface area contributed by atoms with Crippen molar-refractivity contribution >= 4 is 12.0 Å². The molecule has 0 radical (unpaired) electrons. The van der Waals surface area contributed by atoms with Crippen molar-refractivity contribution < 1.29 is 18.7 Å². The fraction of sp³-hybridized carbons (Fsp3) is 0.190. The van der Waals surface area contributed by atoms with Gasteiger partial charge in [-0.1, -0.05) is 30.9 Å². The number of rotatable bonds is 9. The third-order valence-electron chi connectivity index (χ3n) is 3.57. The molecule has 0 fully saturated rings. The van der Waals surface area contributed by atoms with Gasteiger partial charge in [0.1, 0.15) is 12.4 Å². The second kappa shape index (κ2) is 10.0. The summed E-state index contributed by atoms with van der Waals surface area (Å²) in [5.74, 6) is 0.708. The van der Waals surface area contributed by atoms with Crippen LogP contribution in [0.4, 0.5) is 4.39 Å². The molecular formula is C21H22FNO3. The molecule has 0 aliphatic heterocycles. The number of carbonyl (C=O) groups excluding carboxylic acids is 1. The minimum atomic E-state index is -0.275. The summed E-state index contributed by atoms with van der Waals surface area (Å²) in [7, 11) is 1.56. The summed E-state index contributed by atoms with van der Waals surface area (Å²) in [5, 5.41) is 2.77. The van der Waals surface area contributed by atoms with Crippen LogP contribution in [0.25, 0.3) is 6.08 Å². The Kier molecular flexibility index (Phi) is 7.43. The second-order valence-electron chi connectivity index (χ2n) is 5.51. The molecule has 136 valence electrons. The van der Waals surface area contributed by atoms with Crippen LogP contribution >= 0.6 is 0 Å². The number of ether oxygens (including phenoxy) is 2. The van der Waals surface area contributed by atoms with Crippen LogP contribution in [0.15, 0.2) is 61.2 Å². The fourth-order valence-electron chi connectivity index (χ4n) is 2.31. The zero-order valence-corrected chi connectivity index (χ0v) is 14.7. The molecule has 2 aromatic carbocycles. The minimum absolute atomic E-state index is 0.215. The van der Waals surface area contributed by atoms with Crippen LogP contribution in [0.1, 0.15) is 11.1 Å². The maximum atomic E-state index is 13.1. The average Bonchev–Trinajstić information content (AvgIpc) is 2.65. The second-order valence-corrected chi connectivity index (χ2v) is 5.51. The molecule has 5 heteroatoms. The molecule has 0 atom stereocenters. The van der Waals surface area contributed by atoms with Crippen LogP contribution in [0, 0.1) is 5.82 Å². The molecule has 0 saturated heterocycles. The van der Waals surface area contributed by atoms with E-state index in [2.05, 4.69) is 11.9 Å². The maximum Gasteiger partial charge on any atom is 0.244 e. The van der Waals surface area contributed by atoms with Crippen LogP contribution in [-0.2, 0) is 11.2 Å². The first-order chi connectivity index (χ1) is 12.6. The Morgan fingerprint density at radius 1 is 1.23 bits per heavy atom. The van der Waals surface area contributed by atoms with Crippen molar-refractivity contribution in [3.63, 3.8) is 0 Å². The van der Waals surface area contributed by atoms with E-state index >= 15 is 0 Å². The molecule has 0 spiro atoms. The van der Waals surface area contributed by atoms with Crippen molar-refractivity contribution in [1.82, 2.24) is 5.32 Å². The van der Waals surface area contributed by atoms with Crippen LogP contribution < -0.4 is 14.8 Å². The highest BCUT2D eigenvalue weighted by molar-refractivity contribution is 5.91. The predicted octanol–water partition coefficient (Wildman–Crippen LogP) is 3.77. The van der Waals surface area contributed by atoms with Crippen molar-refractivity contribution in [3.05, 3.63) is 78.1 Å². The standard InChI is InChI=1S/C21H22FNO3/c1-3-13-26-19-9-7-17(15-20(19)25-2)8-10-21(24)23-12-11-16-5-4-6-18(22)14-16/h3-10,14-15H,1,11-13H2,2H3,(H,23,24)/b10-8+. The van der Waals surface area contributed by atoms with Gasteiger partial charge in [0.2, 0.25) is 5.91 Å². The summed E-state index contributed by atoms with van der Waals surface area (Å²) in [6.07, 6.45) is 5.36. The van der Waals surface area contributed by atoms with Gasteiger partial charge in [0.15, 0.2) is 11.5 Å². The van der Waals surface area contributed by atoms with Crippen LogP contribution in [0.5, 0.6) is 11.5 Å². The van der Waals surface area contributed by atoms with Crippen molar-refractivity contribution in [2.75, 3.05) is 20.3 Å². The summed E-state index contributed by atoms with van der Waals surface area (Å²) < 4.78 is 23.9. The zero-order valence-electron chi connectivity index (χ0n) is 14.7. The number of amides is 1. The van der Waals surface area contributed by atoms with Crippen molar-refractivity contribution in [1.29, 1.82) is 0 Å². The SMILES string of the molecule is C=CCOc1ccc(/C=C/C(=O)NCCc2cccc(F)c2)cc1OC. The molecule has 26 heavy (non-hydrogen) atoms. The van der Waals surface area contributed by atoms with Gasteiger partial charge in [-0.15, -0.1) is 0 Å². The van der Waals surface area contributed by atoms with E-state index in [0.717, 1.165) is 11.1 Å². The summed E-state index contributed by atoms with van der Waals surface area (Å²) >= 11 is 0. The molecule has 0 aromatic heterocycles. The maximum absolute atomic E-state index is 13.1. The fourth-order valence-corrected chi connectivity index (χ4v) is 2.31. The van der Waals surface area contributed by atoms with Gasteiger partial charge >= 0.3 is 0 Å². The molecule has 0 bridgehead atoms. The van der Waals surface area contributed by atoms with Gasteiger partial charge in [-0.25, -0.2) is 4.39 Å². The summed E-state index contributed by atoms with van der Waals surface area (Å²) in [6, 6.07) is 11.7. The van der Waals surface area contributed by atoms with Crippen molar-refractivity contribution in [3.8, 4) is 11.5 Å². The van der Waals surface area contributed by atoms with Gasteiger partial charge in [0, 0.05) is 12.6 Å². The van der Waals surface area contributed by atoms with E-state index in [4.69, 9.17) is 9.47 Å². The lowest BCUT2D eigenvalue weighted by Gasteiger charge is -2.09. The molecule has 0 heterocycles. The topological polar surface area (TPSA) is 47.6 Å². The quantitative estimate of drug-likeness (QED) is 0.550. The highest BCUT2D eigenvalue weighted by Crippen LogP contribution is 2.28. The number of benzene rings is 2. The Morgan fingerprint density at radius 2 is 2.08 bits per heavy atom. The first-order valence-corrected chi connectivity index (χ1v) is 8.24. The van der Waals surface area contributed by atoms with Gasteiger partial charge in [-0.3, -0.25) is 4.79 Å². The normalized spacial score (nSPS) is 10.5. The Hall–Kier alpha value is -3.08. The van der Waals surface area contributed by atoms with Crippen molar-refractivity contribution in [2.24, 2.45) is 0 Å². The lowest BCUT2D eigenvalue weighted by Crippen LogP contribution is -2.23. The van der Waals surface area contributed by atoms with Crippen LogP contribution in [0.3, 0.4) is 0 Å². The number of hydrogen-bond donors (Lipinski definition) is 1. The lowest BCUT2D eigenvalue weighted by molar-refractivity contribution is -0.116. The third-order valence-corrected chi connectivity index (χ3v) is 3.57. The first-order valence-electron chi connectivity index (χ1n) is 8.24. The number of hydrogen-bond acceptors (Lipinski definition) is 3. The van der Waals surface area contributed by atoms with Crippen LogP contribution in [-0.4, -0.2) is 26.2 Å². The van der Waals surface area contributed by atoms with Gasteiger partial charge in [0.25, 0.3) is 0 Å². The molecule has 0 unspecified atom stereocenters. The molecule has 2 aromatic rings. The van der Waals surface area contributed by atoms with E-state index in [9.17, 15) is 9.18 Å². The van der Waals surface area contributed by atoms with E-state index in [1.54, 1.807) is 37.5 Å². The molecule has 1 amide bonds. The van der Waals surface area contributed by atoms with E-state index < -0.39 is 0 Å². The molecule has 1 N–H and O–H groups in total. The van der Waals surface area contributed by atoms with E-state index in [1.807, 2.05) is 12.1 Å². The summed E-state index contributed by atoms with van der Waals surface area (Å²) in [6.45, 7) is 4.43. The molecule has 0 saturated carbocycles. The Bertz CT molecular complexity index is 787. The zero-order chi connectivity index (χ0) is 18.8. The Balaban J connectivity index is 1.87. The predicted molar refractivity (Wildman–Crippen MR) is 101 cm³/mol. The summed E-state index contributed by atoms with van der Waals surface area (Å²) in [4.78, 5) is 11.9. The van der Waals surface area contributed by atoms with Gasteiger partial charge in [-0.2, -0.15) is 0 Å². The Labute approximate surface area is 152 Å². The number of methoxy groups -OCH3 is 1. The van der Waals surface area contributed by atoms with Gasteiger partial charge in [0.05, 0.1) is 7.11 Å².